The zero-order valence-electron chi connectivity index (χ0n) is 10.0. The summed E-state index contributed by atoms with van der Waals surface area (Å²) in [5, 5.41) is 10.6. The van der Waals surface area contributed by atoms with E-state index in [1.165, 1.54) is 19.2 Å². The van der Waals surface area contributed by atoms with Gasteiger partial charge in [-0.2, -0.15) is 0 Å². The van der Waals surface area contributed by atoms with Gasteiger partial charge >= 0.3 is 0 Å². The fourth-order valence-electron chi connectivity index (χ4n) is 1.81. The standard InChI is InChI=1S/C14H11BrClFO2/c1-19-13-5-3-2-4-8(13)14(18)9-6-11(16)10(15)7-12(9)17/h2-7,14,18H,1H3. The third kappa shape index (κ3) is 2.91. The number of methoxy groups -OCH3 is 1. The van der Waals surface area contributed by atoms with Crippen molar-refractivity contribution in [3.05, 3.63) is 62.8 Å². The third-order valence-electron chi connectivity index (χ3n) is 2.77. The summed E-state index contributed by atoms with van der Waals surface area (Å²) < 4.78 is 19.5. The van der Waals surface area contributed by atoms with Crippen LogP contribution in [0.4, 0.5) is 4.39 Å². The molecule has 0 aliphatic carbocycles. The van der Waals surface area contributed by atoms with Crippen LogP contribution in [0.25, 0.3) is 0 Å². The Morgan fingerprint density at radius 1 is 1.26 bits per heavy atom. The van der Waals surface area contributed by atoms with E-state index < -0.39 is 11.9 Å². The van der Waals surface area contributed by atoms with Gasteiger partial charge < -0.3 is 9.84 Å². The Morgan fingerprint density at radius 2 is 1.95 bits per heavy atom. The van der Waals surface area contributed by atoms with Crippen LogP contribution < -0.4 is 4.74 Å². The number of aliphatic hydroxyl groups is 1. The van der Waals surface area contributed by atoms with E-state index in [1.54, 1.807) is 24.3 Å². The summed E-state index contributed by atoms with van der Waals surface area (Å²) in [7, 11) is 1.50. The van der Waals surface area contributed by atoms with E-state index >= 15 is 0 Å². The van der Waals surface area contributed by atoms with Gasteiger partial charge in [-0.1, -0.05) is 29.8 Å². The van der Waals surface area contributed by atoms with Gasteiger partial charge in [0.1, 0.15) is 17.7 Å². The van der Waals surface area contributed by atoms with Crippen molar-refractivity contribution in [1.82, 2.24) is 0 Å². The highest BCUT2D eigenvalue weighted by Crippen LogP contribution is 2.34. The topological polar surface area (TPSA) is 29.5 Å². The molecule has 0 fully saturated rings. The first-order valence-electron chi connectivity index (χ1n) is 5.50. The number of ether oxygens (including phenoxy) is 1. The molecule has 0 aliphatic heterocycles. The van der Waals surface area contributed by atoms with Crippen molar-refractivity contribution in [1.29, 1.82) is 0 Å². The van der Waals surface area contributed by atoms with Crippen LogP contribution in [0, 0.1) is 5.82 Å². The van der Waals surface area contributed by atoms with Crippen LogP contribution in [-0.2, 0) is 0 Å². The molecule has 1 atom stereocenters. The maximum atomic E-state index is 13.9. The lowest BCUT2D eigenvalue weighted by atomic mass is 10.0. The van der Waals surface area contributed by atoms with E-state index in [1.807, 2.05) is 0 Å². The fourth-order valence-corrected chi connectivity index (χ4v) is 2.29. The molecule has 1 unspecified atom stereocenters. The maximum absolute atomic E-state index is 13.9. The Kier molecular flexibility index (Phi) is 4.45. The minimum atomic E-state index is -1.14. The molecule has 0 aromatic heterocycles. The molecule has 0 bridgehead atoms. The molecule has 100 valence electrons. The van der Waals surface area contributed by atoms with Gasteiger partial charge in [-0.3, -0.25) is 0 Å². The molecular formula is C14H11BrClFO2. The van der Waals surface area contributed by atoms with Crippen LogP contribution in [0.2, 0.25) is 5.02 Å². The minimum Gasteiger partial charge on any atom is -0.496 e. The Labute approximate surface area is 123 Å². The second-order valence-corrected chi connectivity index (χ2v) is 5.19. The quantitative estimate of drug-likeness (QED) is 0.839. The predicted molar refractivity (Wildman–Crippen MR) is 76.2 cm³/mol. The number of para-hydroxylation sites is 1. The largest absolute Gasteiger partial charge is 0.496 e. The maximum Gasteiger partial charge on any atom is 0.130 e. The molecule has 0 saturated carbocycles. The number of rotatable bonds is 3. The van der Waals surface area contributed by atoms with Crippen LogP contribution in [0.1, 0.15) is 17.2 Å². The normalized spacial score (nSPS) is 12.3. The van der Waals surface area contributed by atoms with Gasteiger partial charge in [0.15, 0.2) is 0 Å². The molecular weight excluding hydrogens is 335 g/mol. The average Bonchev–Trinajstić information content (AvgIpc) is 2.42. The minimum absolute atomic E-state index is 0.109. The first-order chi connectivity index (χ1) is 9.04. The van der Waals surface area contributed by atoms with Crippen molar-refractivity contribution in [3.63, 3.8) is 0 Å². The van der Waals surface area contributed by atoms with E-state index in [2.05, 4.69) is 15.9 Å². The van der Waals surface area contributed by atoms with Crippen LogP contribution in [0.15, 0.2) is 40.9 Å². The monoisotopic (exact) mass is 344 g/mol. The lowest BCUT2D eigenvalue weighted by Gasteiger charge is -2.16. The summed E-state index contributed by atoms with van der Waals surface area (Å²) in [6, 6.07) is 9.55. The van der Waals surface area contributed by atoms with Crippen molar-refractivity contribution in [2.24, 2.45) is 0 Å². The van der Waals surface area contributed by atoms with Gasteiger partial charge in [-0.05, 0) is 34.1 Å². The van der Waals surface area contributed by atoms with Crippen molar-refractivity contribution < 1.29 is 14.2 Å². The smallest absolute Gasteiger partial charge is 0.130 e. The molecule has 2 aromatic rings. The number of benzene rings is 2. The predicted octanol–water partition coefficient (Wildman–Crippen LogP) is 4.33. The van der Waals surface area contributed by atoms with Gasteiger partial charge in [0.05, 0.1) is 12.1 Å². The molecule has 2 rings (SSSR count). The second-order valence-electron chi connectivity index (χ2n) is 3.93. The Hall–Kier alpha value is -1.10. The number of aliphatic hydroxyl groups excluding tert-OH is 1. The van der Waals surface area contributed by atoms with Gasteiger partial charge in [-0.25, -0.2) is 4.39 Å². The summed E-state index contributed by atoms with van der Waals surface area (Å²) >= 11 is 9.07. The molecule has 0 radical (unpaired) electrons. The summed E-state index contributed by atoms with van der Waals surface area (Å²) in [6.45, 7) is 0. The number of hydrogen-bond donors (Lipinski definition) is 1. The highest BCUT2D eigenvalue weighted by molar-refractivity contribution is 9.10. The van der Waals surface area contributed by atoms with Gasteiger partial charge in [0.2, 0.25) is 0 Å². The SMILES string of the molecule is COc1ccccc1C(O)c1cc(Cl)c(Br)cc1F. The van der Waals surface area contributed by atoms with E-state index in [0.29, 0.717) is 20.8 Å². The fraction of sp³-hybridized carbons (Fsp3) is 0.143. The van der Waals surface area contributed by atoms with Crippen LogP contribution in [0.5, 0.6) is 5.75 Å². The van der Waals surface area contributed by atoms with Crippen LogP contribution in [0.3, 0.4) is 0 Å². The average molecular weight is 346 g/mol. The Bertz CT molecular complexity index is 604. The molecule has 19 heavy (non-hydrogen) atoms. The Balaban J connectivity index is 2.50. The third-order valence-corrected chi connectivity index (χ3v) is 3.96. The van der Waals surface area contributed by atoms with Crippen molar-refractivity contribution in [2.45, 2.75) is 6.10 Å². The first-order valence-corrected chi connectivity index (χ1v) is 6.67. The zero-order valence-corrected chi connectivity index (χ0v) is 12.4. The summed E-state index contributed by atoms with van der Waals surface area (Å²) in [4.78, 5) is 0. The summed E-state index contributed by atoms with van der Waals surface area (Å²) in [5.41, 5.74) is 0.597. The van der Waals surface area contributed by atoms with Gasteiger partial charge in [0, 0.05) is 15.6 Å². The van der Waals surface area contributed by atoms with E-state index in [9.17, 15) is 9.50 Å². The van der Waals surface area contributed by atoms with Gasteiger partial charge in [-0.15, -0.1) is 0 Å². The molecule has 2 nitrogen and oxygen atoms in total. The molecule has 1 N–H and O–H groups in total. The first kappa shape index (κ1) is 14.3. The Morgan fingerprint density at radius 3 is 2.63 bits per heavy atom. The summed E-state index contributed by atoms with van der Waals surface area (Å²) in [5.74, 6) is -0.0388. The lowest BCUT2D eigenvalue weighted by Crippen LogP contribution is -2.05. The molecule has 2 aromatic carbocycles. The summed E-state index contributed by atoms with van der Waals surface area (Å²) in [6.07, 6.45) is -1.14. The molecule has 0 amide bonds. The second kappa shape index (κ2) is 5.90. The lowest BCUT2D eigenvalue weighted by molar-refractivity contribution is 0.209. The van der Waals surface area contributed by atoms with E-state index in [0.717, 1.165) is 0 Å². The molecule has 0 saturated heterocycles. The van der Waals surface area contributed by atoms with Crippen molar-refractivity contribution in [2.75, 3.05) is 7.11 Å². The van der Waals surface area contributed by atoms with Gasteiger partial charge in [0.25, 0.3) is 0 Å². The van der Waals surface area contributed by atoms with Crippen LogP contribution in [-0.4, -0.2) is 12.2 Å². The molecule has 0 heterocycles. The van der Waals surface area contributed by atoms with Crippen molar-refractivity contribution >= 4 is 27.5 Å². The van der Waals surface area contributed by atoms with E-state index in [-0.39, 0.29) is 5.56 Å². The number of hydrogen-bond acceptors (Lipinski definition) is 2. The zero-order chi connectivity index (χ0) is 14.0. The van der Waals surface area contributed by atoms with Crippen molar-refractivity contribution in [3.8, 4) is 5.75 Å². The number of halogens is 3. The molecule has 0 spiro atoms. The van der Waals surface area contributed by atoms with Crippen LogP contribution >= 0.6 is 27.5 Å². The highest BCUT2D eigenvalue weighted by atomic mass is 79.9. The van der Waals surface area contributed by atoms with E-state index in [4.69, 9.17) is 16.3 Å². The highest BCUT2D eigenvalue weighted by Gasteiger charge is 2.20. The molecule has 0 aliphatic rings. The molecule has 5 heteroatoms.